The van der Waals surface area contributed by atoms with E-state index in [9.17, 15) is 9.18 Å². The summed E-state index contributed by atoms with van der Waals surface area (Å²) in [6, 6.07) is 0.840. The molecule has 0 unspecified atom stereocenters. The zero-order chi connectivity index (χ0) is 15.4. The molecule has 7 nitrogen and oxygen atoms in total. The number of aromatic carboxylic acids is 1. The predicted molar refractivity (Wildman–Crippen MR) is 68.8 cm³/mol. The van der Waals surface area contributed by atoms with E-state index in [1.165, 1.54) is 13.3 Å². The van der Waals surface area contributed by atoms with E-state index in [1.54, 1.807) is 6.92 Å². The number of halogens is 1. The fraction of sp³-hybridized carbons (Fsp3) is 0.231. The van der Waals surface area contributed by atoms with Gasteiger partial charge in [-0.3, -0.25) is 0 Å². The minimum Gasteiger partial charge on any atom is -0.493 e. The average Bonchev–Trinajstić information content (AvgIpc) is 2.46. The van der Waals surface area contributed by atoms with Crippen LogP contribution in [0.5, 0.6) is 11.6 Å². The lowest BCUT2D eigenvalue weighted by atomic mass is 10.2. The Bertz CT molecular complexity index is 678. The van der Waals surface area contributed by atoms with E-state index in [4.69, 9.17) is 14.6 Å². The zero-order valence-electron chi connectivity index (χ0n) is 11.3. The van der Waals surface area contributed by atoms with Gasteiger partial charge in [0.25, 0.3) is 0 Å². The number of hydrogen-bond acceptors (Lipinski definition) is 6. The topological polar surface area (TPSA) is 94.4 Å². The third-order valence-corrected chi connectivity index (χ3v) is 2.56. The number of ether oxygens (including phenoxy) is 2. The minimum atomic E-state index is -1.33. The van der Waals surface area contributed by atoms with Crippen molar-refractivity contribution < 1.29 is 23.8 Å². The average molecular weight is 293 g/mol. The van der Waals surface area contributed by atoms with Crippen molar-refractivity contribution in [3.05, 3.63) is 41.4 Å². The van der Waals surface area contributed by atoms with Crippen LogP contribution in [0.2, 0.25) is 0 Å². The highest BCUT2D eigenvalue weighted by Gasteiger charge is 2.16. The summed E-state index contributed by atoms with van der Waals surface area (Å²) in [6.07, 6.45) is 2.36. The van der Waals surface area contributed by atoms with Crippen molar-refractivity contribution in [2.45, 2.75) is 13.5 Å². The second-order valence-electron chi connectivity index (χ2n) is 4.03. The van der Waals surface area contributed by atoms with Crippen molar-refractivity contribution in [2.24, 2.45) is 0 Å². The molecule has 0 amide bonds. The van der Waals surface area contributed by atoms with Gasteiger partial charge < -0.3 is 14.6 Å². The molecule has 0 saturated heterocycles. The van der Waals surface area contributed by atoms with Gasteiger partial charge in [0, 0.05) is 0 Å². The first-order valence-corrected chi connectivity index (χ1v) is 5.89. The molecule has 0 bridgehead atoms. The summed E-state index contributed by atoms with van der Waals surface area (Å²) in [5, 5.41) is 9.00. The molecule has 0 radical (unpaired) electrons. The van der Waals surface area contributed by atoms with Crippen LogP contribution in [0.3, 0.4) is 0 Å². The van der Waals surface area contributed by atoms with Gasteiger partial charge in [0.05, 0.1) is 19.5 Å². The molecular formula is C13H12FN3O4. The highest BCUT2D eigenvalue weighted by Crippen LogP contribution is 2.20. The zero-order valence-corrected chi connectivity index (χ0v) is 11.3. The number of aryl methyl sites for hydroxylation is 1. The molecule has 21 heavy (non-hydrogen) atoms. The summed E-state index contributed by atoms with van der Waals surface area (Å²) in [6.45, 7) is 1.62. The van der Waals surface area contributed by atoms with E-state index >= 15 is 0 Å². The van der Waals surface area contributed by atoms with E-state index in [0.717, 1.165) is 12.3 Å². The molecule has 0 aromatic carbocycles. The third kappa shape index (κ3) is 3.41. The van der Waals surface area contributed by atoms with Crippen molar-refractivity contribution >= 4 is 5.97 Å². The number of rotatable bonds is 5. The first-order valence-electron chi connectivity index (χ1n) is 5.89. The predicted octanol–water partition coefficient (Wildman–Crippen LogP) is 1.60. The van der Waals surface area contributed by atoms with Crippen LogP contribution in [0, 0.1) is 12.7 Å². The molecule has 2 aromatic heterocycles. The number of carboxylic acid groups (broad SMARTS) is 1. The fourth-order valence-electron chi connectivity index (χ4n) is 1.61. The van der Waals surface area contributed by atoms with Gasteiger partial charge in [0.1, 0.15) is 29.5 Å². The van der Waals surface area contributed by atoms with Crippen molar-refractivity contribution in [1.29, 1.82) is 0 Å². The molecule has 2 rings (SSSR count). The maximum Gasteiger partial charge on any atom is 0.341 e. The molecule has 0 aliphatic heterocycles. The van der Waals surface area contributed by atoms with Crippen molar-refractivity contribution in [1.82, 2.24) is 15.0 Å². The van der Waals surface area contributed by atoms with Crippen LogP contribution in [0.25, 0.3) is 0 Å². The monoisotopic (exact) mass is 293 g/mol. The first kappa shape index (κ1) is 14.6. The van der Waals surface area contributed by atoms with Crippen LogP contribution < -0.4 is 9.47 Å². The van der Waals surface area contributed by atoms with Gasteiger partial charge in [-0.1, -0.05) is 0 Å². The maximum atomic E-state index is 13.0. The largest absolute Gasteiger partial charge is 0.493 e. The van der Waals surface area contributed by atoms with E-state index < -0.39 is 11.8 Å². The molecular weight excluding hydrogens is 281 g/mol. The normalized spacial score (nSPS) is 10.2. The van der Waals surface area contributed by atoms with Crippen LogP contribution in [0.4, 0.5) is 4.39 Å². The molecule has 0 spiro atoms. The summed E-state index contributed by atoms with van der Waals surface area (Å²) in [7, 11) is 1.45. The lowest BCUT2D eigenvalue weighted by molar-refractivity contribution is 0.0689. The smallest absolute Gasteiger partial charge is 0.341 e. The molecule has 8 heteroatoms. The second-order valence-corrected chi connectivity index (χ2v) is 4.03. The summed E-state index contributed by atoms with van der Waals surface area (Å²) in [4.78, 5) is 22.8. The van der Waals surface area contributed by atoms with Crippen LogP contribution in [0.15, 0.2) is 18.5 Å². The summed E-state index contributed by atoms with van der Waals surface area (Å²) in [5.74, 6) is -1.36. The summed E-state index contributed by atoms with van der Waals surface area (Å²) >= 11 is 0. The Labute approximate surface area is 119 Å². The van der Waals surface area contributed by atoms with Gasteiger partial charge in [-0.2, -0.15) is 0 Å². The SMILES string of the molecule is COc1cnc(C)nc1COc1ncc(F)cc1C(=O)O. The maximum absolute atomic E-state index is 13.0. The van der Waals surface area contributed by atoms with Gasteiger partial charge in [-0.15, -0.1) is 0 Å². The molecule has 2 heterocycles. The lowest BCUT2D eigenvalue weighted by Crippen LogP contribution is -2.08. The number of pyridine rings is 1. The Morgan fingerprint density at radius 1 is 1.38 bits per heavy atom. The van der Waals surface area contributed by atoms with Crippen molar-refractivity contribution in [3.8, 4) is 11.6 Å². The molecule has 0 aliphatic rings. The number of nitrogens with zero attached hydrogens (tertiary/aromatic N) is 3. The second kappa shape index (κ2) is 6.12. The number of carboxylic acids is 1. The van der Waals surface area contributed by atoms with Gasteiger partial charge in [-0.05, 0) is 13.0 Å². The Kier molecular flexibility index (Phi) is 4.27. The molecule has 2 aromatic rings. The van der Waals surface area contributed by atoms with E-state index in [0.29, 0.717) is 17.3 Å². The number of methoxy groups -OCH3 is 1. The van der Waals surface area contributed by atoms with E-state index in [-0.39, 0.29) is 18.1 Å². The molecule has 110 valence electrons. The molecule has 0 atom stereocenters. The highest BCUT2D eigenvalue weighted by atomic mass is 19.1. The fourth-order valence-corrected chi connectivity index (χ4v) is 1.61. The number of aromatic nitrogens is 3. The van der Waals surface area contributed by atoms with Crippen LogP contribution in [-0.2, 0) is 6.61 Å². The van der Waals surface area contributed by atoms with Crippen LogP contribution in [-0.4, -0.2) is 33.1 Å². The van der Waals surface area contributed by atoms with Gasteiger partial charge >= 0.3 is 5.97 Å². The van der Waals surface area contributed by atoms with Crippen molar-refractivity contribution in [3.63, 3.8) is 0 Å². The van der Waals surface area contributed by atoms with Crippen LogP contribution in [0.1, 0.15) is 21.9 Å². The van der Waals surface area contributed by atoms with Gasteiger partial charge in [0.2, 0.25) is 5.88 Å². The Morgan fingerprint density at radius 2 is 2.14 bits per heavy atom. The number of hydrogen-bond donors (Lipinski definition) is 1. The Morgan fingerprint density at radius 3 is 2.81 bits per heavy atom. The molecule has 0 aliphatic carbocycles. The van der Waals surface area contributed by atoms with Gasteiger partial charge in [-0.25, -0.2) is 24.1 Å². The lowest BCUT2D eigenvalue weighted by Gasteiger charge is -2.10. The van der Waals surface area contributed by atoms with Crippen molar-refractivity contribution in [2.75, 3.05) is 7.11 Å². The minimum absolute atomic E-state index is 0.0779. The molecule has 0 fully saturated rings. The van der Waals surface area contributed by atoms with E-state index in [1.807, 2.05) is 0 Å². The first-order chi connectivity index (χ1) is 10.0. The summed E-state index contributed by atoms with van der Waals surface area (Å²) < 4.78 is 23.4. The number of carbonyl (C=O) groups is 1. The van der Waals surface area contributed by atoms with Gasteiger partial charge in [0.15, 0.2) is 5.75 Å². The van der Waals surface area contributed by atoms with Crippen LogP contribution >= 0.6 is 0 Å². The quantitative estimate of drug-likeness (QED) is 0.894. The Balaban J connectivity index is 2.24. The standard InChI is InChI=1S/C13H12FN3O4/c1-7-15-5-11(20-2)10(17-7)6-21-12-9(13(18)19)3-8(14)4-16-12/h3-5H,6H2,1-2H3,(H,18,19). The Hall–Kier alpha value is -2.77. The third-order valence-electron chi connectivity index (χ3n) is 2.56. The molecule has 1 N–H and O–H groups in total. The summed E-state index contributed by atoms with van der Waals surface area (Å²) in [5.41, 5.74) is 0.0761. The highest BCUT2D eigenvalue weighted by molar-refractivity contribution is 5.90. The van der Waals surface area contributed by atoms with E-state index in [2.05, 4.69) is 15.0 Å². The molecule has 0 saturated carbocycles.